The summed E-state index contributed by atoms with van der Waals surface area (Å²) in [6.07, 6.45) is 0.564. The molecule has 1 amide bonds. The summed E-state index contributed by atoms with van der Waals surface area (Å²) in [5.74, 6) is -0.00109. The monoisotopic (exact) mass is 509 g/mol. The molecule has 0 spiro atoms. The summed E-state index contributed by atoms with van der Waals surface area (Å²) in [6.45, 7) is 5.79. The number of carbonyl (C=O) groups is 1. The summed E-state index contributed by atoms with van der Waals surface area (Å²) in [5, 5.41) is 0.489. The van der Waals surface area contributed by atoms with Crippen LogP contribution in [0.5, 0.6) is 0 Å². The molecule has 0 N–H and O–H groups in total. The predicted octanol–water partition coefficient (Wildman–Crippen LogP) is 4.44. The molecule has 3 aromatic carbocycles. The van der Waals surface area contributed by atoms with Crippen molar-refractivity contribution in [3.05, 3.63) is 94.5 Å². The first-order chi connectivity index (χ1) is 16.8. The van der Waals surface area contributed by atoms with Gasteiger partial charge in [-0.25, -0.2) is 8.42 Å². The van der Waals surface area contributed by atoms with Crippen molar-refractivity contribution in [2.75, 3.05) is 30.5 Å². The fourth-order valence-corrected chi connectivity index (χ4v) is 6.77. The van der Waals surface area contributed by atoms with Crippen molar-refractivity contribution in [3.8, 4) is 0 Å². The molecule has 0 saturated carbocycles. The van der Waals surface area contributed by atoms with Gasteiger partial charge in [-0.1, -0.05) is 41.9 Å². The van der Waals surface area contributed by atoms with Crippen LogP contribution in [0.1, 0.15) is 28.4 Å². The first-order valence-electron chi connectivity index (χ1n) is 11.8. The molecule has 3 aromatic rings. The molecule has 8 heteroatoms. The van der Waals surface area contributed by atoms with E-state index in [0.29, 0.717) is 35.8 Å². The molecule has 35 heavy (non-hydrogen) atoms. The number of hydrogen-bond donors (Lipinski definition) is 0. The van der Waals surface area contributed by atoms with Gasteiger partial charge in [0, 0.05) is 49.4 Å². The van der Waals surface area contributed by atoms with Crippen molar-refractivity contribution in [1.29, 1.82) is 0 Å². The van der Waals surface area contributed by atoms with E-state index in [2.05, 4.69) is 17.0 Å². The van der Waals surface area contributed by atoms with E-state index >= 15 is 0 Å². The SMILES string of the molecule is C[C@H]1Cc2cc(C(=O)N3CCN(Cc4ccccc4)CC3)ccc2N1S(=O)(=O)c1ccc(Cl)cc1. The maximum absolute atomic E-state index is 13.3. The van der Waals surface area contributed by atoms with Crippen LogP contribution in [0.2, 0.25) is 5.02 Å². The van der Waals surface area contributed by atoms with Gasteiger partial charge in [0.25, 0.3) is 15.9 Å². The Balaban J connectivity index is 1.29. The van der Waals surface area contributed by atoms with Crippen molar-refractivity contribution in [2.24, 2.45) is 0 Å². The molecule has 1 atom stereocenters. The molecule has 6 nitrogen and oxygen atoms in total. The molecule has 182 valence electrons. The minimum atomic E-state index is -3.73. The zero-order valence-electron chi connectivity index (χ0n) is 19.6. The summed E-state index contributed by atoms with van der Waals surface area (Å²) in [4.78, 5) is 17.7. The van der Waals surface area contributed by atoms with Gasteiger partial charge in [-0.15, -0.1) is 0 Å². The van der Waals surface area contributed by atoms with Crippen molar-refractivity contribution in [2.45, 2.75) is 30.8 Å². The zero-order chi connectivity index (χ0) is 24.6. The first-order valence-corrected chi connectivity index (χ1v) is 13.6. The standard InChI is InChI=1S/C27H28ClN3O3S/c1-20-17-23-18-22(7-12-26(23)31(20)35(33,34)25-10-8-24(28)9-11-25)27(32)30-15-13-29(14-16-30)19-21-5-3-2-4-6-21/h2-12,18,20H,13-17,19H2,1H3/t20-/m0/s1. The van der Waals surface area contributed by atoms with Crippen LogP contribution in [-0.4, -0.2) is 56.3 Å². The van der Waals surface area contributed by atoms with Crippen LogP contribution in [0, 0.1) is 0 Å². The number of benzene rings is 3. The maximum Gasteiger partial charge on any atom is 0.264 e. The van der Waals surface area contributed by atoms with Gasteiger partial charge < -0.3 is 4.90 Å². The first kappa shape index (κ1) is 23.9. The van der Waals surface area contributed by atoms with Crippen molar-refractivity contribution < 1.29 is 13.2 Å². The van der Waals surface area contributed by atoms with Crippen LogP contribution in [0.15, 0.2) is 77.7 Å². The van der Waals surface area contributed by atoms with E-state index in [1.165, 1.54) is 22.0 Å². The normalized spacial score (nSPS) is 18.5. The Morgan fingerprint density at radius 1 is 0.943 bits per heavy atom. The van der Waals surface area contributed by atoms with Gasteiger partial charge in [-0.2, -0.15) is 0 Å². The highest BCUT2D eigenvalue weighted by Gasteiger charge is 2.36. The predicted molar refractivity (Wildman–Crippen MR) is 138 cm³/mol. The minimum Gasteiger partial charge on any atom is -0.336 e. The van der Waals surface area contributed by atoms with Gasteiger partial charge in [0.1, 0.15) is 0 Å². The van der Waals surface area contributed by atoms with Crippen LogP contribution in [0.3, 0.4) is 0 Å². The van der Waals surface area contributed by atoms with Crippen molar-refractivity contribution >= 4 is 33.2 Å². The van der Waals surface area contributed by atoms with Gasteiger partial charge >= 0.3 is 0 Å². The number of rotatable bonds is 5. The van der Waals surface area contributed by atoms with Crippen molar-refractivity contribution in [1.82, 2.24) is 9.80 Å². The largest absolute Gasteiger partial charge is 0.336 e. The van der Waals surface area contributed by atoms with E-state index in [9.17, 15) is 13.2 Å². The molecule has 0 aromatic heterocycles. The topological polar surface area (TPSA) is 60.9 Å². The number of carbonyl (C=O) groups excluding carboxylic acids is 1. The van der Waals surface area contributed by atoms with Crippen molar-refractivity contribution in [3.63, 3.8) is 0 Å². The Morgan fingerprint density at radius 2 is 1.63 bits per heavy atom. The Hall–Kier alpha value is -2.87. The lowest BCUT2D eigenvalue weighted by molar-refractivity contribution is 0.0628. The third-order valence-corrected chi connectivity index (χ3v) is 8.95. The molecule has 2 heterocycles. The molecule has 0 radical (unpaired) electrons. The van der Waals surface area contributed by atoms with Gasteiger partial charge in [0.2, 0.25) is 0 Å². The lowest BCUT2D eigenvalue weighted by atomic mass is 10.1. The van der Waals surface area contributed by atoms with E-state index in [1.54, 1.807) is 24.3 Å². The van der Waals surface area contributed by atoms with Gasteiger partial charge in [-0.3, -0.25) is 14.0 Å². The van der Waals surface area contributed by atoms with Gasteiger partial charge in [-0.05, 0) is 66.9 Å². The number of hydrogen-bond acceptors (Lipinski definition) is 4. The number of fused-ring (bicyclic) bond motifs is 1. The molecule has 2 aliphatic rings. The van der Waals surface area contributed by atoms with Crippen LogP contribution in [-0.2, 0) is 23.0 Å². The van der Waals surface area contributed by atoms with E-state index in [4.69, 9.17) is 11.6 Å². The van der Waals surface area contributed by atoms with Gasteiger partial charge in [0.05, 0.1) is 10.6 Å². The second kappa shape index (κ2) is 9.64. The summed E-state index contributed by atoms with van der Waals surface area (Å²) >= 11 is 5.94. The van der Waals surface area contributed by atoms with E-state index in [-0.39, 0.29) is 16.8 Å². The lowest BCUT2D eigenvalue weighted by Crippen LogP contribution is -2.48. The lowest BCUT2D eigenvalue weighted by Gasteiger charge is -2.35. The van der Waals surface area contributed by atoms with E-state index < -0.39 is 10.0 Å². The van der Waals surface area contributed by atoms with Crippen LogP contribution < -0.4 is 4.31 Å². The molecular weight excluding hydrogens is 482 g/mol. The fraction of sp³-hybridized carbons (Fsp3) is 0.296. The molecule has 0 bridgehead atoms. The summed E-state index contributed by atoms with van der Waals surface area (Å²) < 4.78 is 28.2. The second-order valence-corrected chi connectivity index (χ2v) is 11.5. The fourth-order valence-electron chi connectivity index (χ4n) is 4.96. The number of amides is 1. The highest BCUT2D eigenvalue weighted by Crippen LogP contribution is 2.37. The Bertz CT molecular complexity index is 1320. The smallest absolute Gasteiger partial charge is 0.264 e. The molecule has 0 aliphatic carbocycles. The third kappa shape index (κ3) is 4.81. The maximum atomic E-state index is 13.3. The number of nitrogens with zero attached hydrogens (tertiary/aromatic N) is 3. The Kier molecular flexibility index (Phi) is 6.57. The number of anilines is 1. The molecule has 1 saturated heterocycles. The summed E-state index contributed by atoms with van der Waals surface area (Å²) in [6, 6.07) is 21.7. The highest BCUT2D eigenvalue weighted by atomic mass is 35.5. The Labute approximate surface area is 211 Å². The third-order valence-electron chi connectivity index (χ3n) is 6.76. The highest BCUT2D eigenvalue weighted by molar-refractivity contribution is 7.92. The molecule has 1 fully saturated rings. The van der Waals surface area contributed by atoms with Crippen LogP contribution in [0.25, 0.3) is 0 Å². The van der Waals surface area contributed by atoms with Crippen LogP contribution in [0.4, 0.5) is 5.69 Å². The number of halogens is 1. The van der Waals surface area contributed by atoms with Gasteiger partial charge in [0.15, 0.2) is 0 Å². The quantitative estimate of drug-likeness (QED) is 0.510. The zero-order valence-corrected chi connectivity index (χ0v) is 21.2. The number of piperazine rings is 1. The average molecular weight is 510 g/mol. The minimum absolute atomic E-state index is 0.00109. The second-order valence-electron chi connectivity index (χ2n) is 9.21. The molecular formula is C27H28ClN3O3S. The Morgan fingerprint density at radius 3 is 2.31 bits per heavy atom. The molecule has 5 rings (SSSR count). The van der Waals surface area contributed by atoms with E-state index in [1.807, 2.05) is 36.1 Å². The average Bonchev–Trinajstić information content (AvgIpc) is 3.20. The molecule has 0 unspecified atom stereocenters. The summed E-state index contributed by atoms with van der Waals surface area (Å²) in [7, 11) is -3.73. The molecule has 2 aliphatic heterocycles. The van der Waals surface area contributed by atoms with E-state index in [0.717, 1.165) is 25.2 Å². The van der Waals surface area contributed by atoms with Crippen LogP contribution >= 0.6 is 11.6 Å². The number of sulfonamides is 1. The summed E-state index contributed by atoms with van der Waals surface area (Å²) in [5.41, 5.74) is 3.40.